The van der Waals surface area contributed by atoms with Crippen LogP contribution in [0.25, 0.3) is 37.2 Å². The van der Waals surface area contributed by atoms with Gasteiger partial charge in [-0.2, -0.15) is 5.26 Å². The van der Waals surface area contributed by atoms with Crippen molar-refractivity contribution in [3.63, 3.8) is 0 Å². The summed E-state index contributed by atoms with van der Waals surface area (Å²) in [7, 11) is 0. The van der Waals surface area contributed by atoms with Gasteiger partial charge in [-0.15, -0.1) is 0 Å². The summed E-state index contributed by atoms with van der Waals surface area (Å²) in [4.78, 5) is 8.59. The number of rotatable bonds is 8. The number of para-hydroxylation sites is 2. The molecule has 0 atom stereocenters. The molecule has 2 saturated carbocycles. The average Bonchev–Trinajstić information content (AvgIpc) is 4.01. The van der Waals surface area contributed by atoms with E-state index in [1.165, 1.54) is 94.8 Å². The quantitative estimate of drug-likeness (QED) is 0.116. The minimum Gasteiger partial charge on any atom is -0.311 e. The van der Waals surface area contributed by atoms with Crippen molar-refractivity contribution in [2.45, 2.75) is 63.2 Å². The second-order valence-corrected chi connectivity index (χ2v) is 15.6. The minimum absolute atomic E-state index is 0.479. The number of hydrogen-bond donors (Lipinski definition) is 0. The highest BCUT2D eigenvalue weighted by Crippen LogP contribution is 2.53. The summed E-state index contributed by atoms with van der Waals surface area (Å²) < 4.78 is 0. The molecule has 0 spiro atoms. The van der Waals surface area contributed by atoms with Gasteiger partial charge >= 0.3 is 0 Å². The van der Waals surface area contributed by atoms with Crippen molar-refractivity contribution in [1.29, 1.82) is 5.26 Å². The van der Waals surface area contributed by atoms with E-state index in [0.29, 0.717) is 23.1 Å². The van der Waals surface area contributed by atoms with Gasteiger partial charge in [0.2, 0.25) is 0 Å². The summed E-state index contributed by atoms with van der Waals surface area (Å²) in [5.41, 5.74) is 10.5. The molecule has 4 nitrogen and oxygen atoms in total. The molecule has 8 aromatic carbocycles. The summed E-state index contributed by atoms with van der Waals surface area (Å²) in [6.07, 6.45) is 9.77. The number of nitriles is 1. The molecule has 8 aromatic rings. The SMILES string of the molecule is [C-]#[N+]c1cccc(N(c2ccccc2)c2cc(C3CCCC3)c3ccc4c(N(c5ccccc5)c5cccc(C#N)c5)cc(C5CCCC5)c5ccc2c3c54)c1. The number of benzene rings is 8. The largest absolute Gasteiger partial charge is 0.311 e. The maximum absolute atomic E-state index is 10.0. The molecule has 0 bridgehead atoms. The van der Waals surface area contributed by atoms with E-state index in [1.807, 2.05) is 36.4 Å². The van der Waals surface area contributed by atoms with Crippen LogP contribution < -0.4 is 9.80 Å². The standard InChI is InChI=1S/C52H42N4/c1-54-38-19-13-25-42(31-38)56(40-22-6-3-7-23-40)50-33-48(37-17-10-11-18-37)44-26-28-45-49(55(39-20-4-2-5-21-39)41-24-12-14-35(30-41)34-53)32-47(36-15-8-9-16-36)43-27-29-46(50)52(44)51(43)45/h2-7,12-14,19-33,36-37H,8-11,15-18H2. The van der Waals surface area contributed by atoms with Crippen LogP contribution in [0.15, 0.2) is 146 Å². The van der Waals surface area contributed by atoms with Crippen LogP contribution in [0.5, 0.6) is 0 Å². The molecule has 0 radical (unpaired) electrons. The average molecular weight is 723 g/mol. The van der Waals surface area contributed by atoms with E-state index in [2.05, 4.69) is 130 Å². The van der Waals surface area contributed by atoms with E-state index in [4.69, 9.17) is 6.57 Å². The Morgan fingerprint density at radius 2 is 0.929 bits per heavy atom. The lowest BCUT2D eigenvalue weighted by atomic mass is 9.82. The zero-order valence-corrected chi connectivity index (χ0v) is 31.5. The van der Waals surface area contributed by atoms with E-state index in [9.17, 15) is 5.26 Å². The molecule has 2 aliphatic rings. The van der Waals surface area contributed by atoms with Crippen LogP contribution in [-0.2, 0) is 0 Å². The van der Waals surface area contributed by atoms with Gasteiger partial charge in [-0.3, -0.25) is 0 Å². The maximum atomic E-state index is 10.0. The molecular weight excluding hydrogens is 681 g/mol. The third-order valence-electron chi connectivity index (χ3n) is 12.5. The van der Waals surface area contributed by atoms with Crippen LogP contribution in [0.4, 0.5) is 39.8 Å². The normalized spacial score (nSPS) is 14.8. The molecule has 0 N–H and O–H groups in total. The van der Waals surface area contributed by atoms with Gasteiger partial charge < -0.3 is 9.80 Å². The lowest BCUT2D eigenvalue weighted by Gasteiger charge is -2.32. The fraction of sp³-hybridized carbons (Fsp3) is 0.192. The van der Waals surface area contributed by atoms with Crippen LogP contribution in [0.3, 0.4) is 0 Å². The molecule has 2 fully saturated rings. The molecule has 2 aliphatic carbocycles. The monoisotopic (exact) mass is 722 g/mol. The van der Waals surface area contributed by atoms with Gasteiger partial charge in [0.1, 0.15) is 0 Å². The second kappa shape index (κ2) is 14.2. The maximum Gasteiger partial charge on any atom is 0.189 e. The molecule has 4 heteroatoms. The Bertz CT molecular complexity index is 2600. The van der Waals surface area contributed by atoms with Crippen molar-refractivity contribution in [2.24, 2.45) is 0 Å². The Hall–Kier alpha value is -6.62. The number of hydrogen-bond acceptors (Lipinski definition) is 3. The third kappa shape index (κ3) is 5.73. The van der Waals surface area contributed by atoms with Gasteiger partial charge in [-0.1, -0.05) is 105 Å². The van der Waals surface area contributed by atoms with Crippen molar-refractivity contribution in [1.82, 2.24) is 0 Å². The van der Waals surface area contributed by atoms with Crippen molar-refractivity contribution in [3.05, 3.63) is 174 Å². The molecular formula is C52H42N4. The van der Waals surface area contributed by atoms with Crippen LogP contribution in [0.2, 0.25) is 0 Å². The van der Waals surface area contributed by atoms with Gasteiger partial charge in [0.25, 0.3) is 0 Å². The van der Waals surface area contributed by atoms with E-state index in [-0.39, 0.29) is 0 Å². The van der Waals surface area contributed by atoms with Crippen molar-refractivity contribution >= 4 is 72.1 Å². The predicted octanol–water partition coefficient (Wildman–Crippen LogP) is 15.3. The van der Waals surface area contributed by atoms with Gasteiger partial charge in [0.05, 0.1) is 29.6 Å². The first kappa shape index (κ1) is 33.9. The summed E-state index contributed by atoms with van der Waals surface area (Å²) in [5.74, 6) is 0.959. The highest BCUT2D eigenvalue weighted by molar-refractivity contribution is 6.29. The second-order valence-electron chi connectivity index (χ2n) is 15.6. The first-order valence-corrected chi connectivity index (χ1v) is 20.2. The summed E-state index contributed by atoms with van der Waals surface area (Å²) in [5, 5.41) is 17.8. The van der Waals surface area contributed by atoms with Gasteiger partial charge in [0, 0.05) is 33.5 Å². The fourth-order valence-electron chi connectivity index (χ4n) is 9.95. The molecule has 10 rings (SSSR count). The van der Waals surface area contributed by atoms with Crippen LogP contribution in [-0.4, -0.2) is 0 Å². The molecule has 0 saturated heterocycles. The topological polar surface area (TPSA) is 34.6 Å². The van der Waals surface area contributed by atoms with Crippen molar-refractivity contribution in [3.8, 4) is 6.07 Å². The highest BCUT2D eigenvalue weighted by Gasteiger charge is 2.29. The summed E-state index contributed by atoms with van der Waals surface area (Å²) in [6.45, 7) is 7.89. The Morgan fingerprint density at radius 1 is 0.482 bits per heavy atom. The van der Waals surface area contributed by atoms with Crippen molar-refractivity contribution < 1.29 is 0 Å². The summed E-state index contributed by atoms with van der Waals surface area (Å²) in [6, 6.07) is 54.3. The molecule has 0 unspecified atom stereocenters. The van der Waals surface area contributed by atoms with Crippen LogP contribution in [0, 0.1) is 17.9 Å². The molecule has 0 aromatic heterocycles. The Labute approximate surface area is 329 Å². The number of nitrogens with zero attached hydrogens (tertiary/aromatic N) is 4. The first-order chi connectivity index (χ1) is 27.7. The van der Waals surface area contributed by atoms with Gasteiger partial charge in [-0.25, -0.2) is 4.85 Å². The highest BCUT2D eigenvalue weighted by atomic mass is 15.2. The predicted molar refractivity (Wildman–Crippen MR) is 233 cm³/mol. The van der Waals surface area contributed by atoms with E-state index in [1.54, 1.807) is 0 Å². The molecule has 0 aliphatic heterocycles. The number of anilines is 6. The molecule has 56 heavy (non-hydrogen) atoms. The third-order valence-corrected chi connectivity index (χ3v) is 12.5. The zero-order chi connectivity index (χ0) is 37.6. The van der Waals surface area contributed by atoms with Crippen molar-refractivity contribution in [2.75, 3.05) is 9.80 Å². The molecule has 270 valence electrons. The van der Waals surface area contributed by atoms with Gasteiger partial charge in [0.15, 0.2) is 5.69 Å². The van der Waals surface area contributed by atoms with Crippen LogP contribution in [0.1, 0.15) is 79.9 Å². The Kier molecular flexibility index (Phi) is 8.61. The van der Waals surface area contributed by atoms with Gasteiger partial charge in [-0.05, 0) is 137 Å². The Morgan fingerprint density at radius 3 is 1.41 bits per heavy atom. The van der Waals surface area contributed by atoms with E-state index < -0.39 is 0 Å². The zero-order valence-electron chi connectivity index (χ0n) is 31.5. The minimum atomic E-state index is 0.479. The lowest BCUT2D eigenvalue weighted by Crippen LogP contribution is -2.13. The van der Waals surface area contributed by atoms with E-state index in [0.717, 1.165) is 34.1 Å². The fourth-order valence-corrected chi connectivity index (χ4v) is 9.95. The van der Waals surface area contributed by atoms with Crippen LogP contribution >= 0.6 is 0 Å². The molecule has 0 heterocycles. The lowest BCUT2D eigenvalue weighted by molar-refractivity contribution is 0.729. The molecule has 0 amide bonds. The summed E-state index contributed by atoms with van der Waals surface area (Å²) >= 11 is 0. The van der Waals surface area contributed by atoms with E-state index >= 15 is 0 Å². The Balaban J connectivity index is 1.34. The smallest absolute Gasteiger partial charge is 0.189 e. The first-order valence-electron chi connectivity index (χ1n) is 20.2.